The lowest BCUT2D eigenvalue weighted by molar-refractivity contribution is -0.384. The number of nitrogens with one attached hydrogen (secondary N) is 2. The summed E-state index contributed by atoms with van der Waals surface area (Å²) in [7, 11) is 0. The number of carbonyl (C=O) groups excluding carboxylic acids is 1. The molecule has 0 heterocycles. The molecule has 1 amide bonds. The number of nitrogens with zero attached hydrogens (tertiary/aromatic N) is 1. The summed E-state index contributed by atoms with van der Waals surface area (Å²) in [5, 5.41) is 25.2. The van der Waals surface area contributed by atoms with Crippen molar-refractivity contribution in [3.05, 3.63) is 34.4 Å². The molecule has 0 aromatic heterocycles. The molecule has 8 nitrogen and oxygen atoms in total. The van der Waals surface area contributed by atoms with Gasteiger partial charge < -0.3 is 15.7 Å². The molecule has 0 saturated heterocycles. The SMILES string of the molecule is CC(C)CC(NC(=O)CCCNc1ccc([N+](=O)[O-])cc1)C(=O)O. The number of benzene rings is 1. The molecule has 1 aromatic carbocycles. The number of nitro benzene ring substituents is 1. The maximum Gasteiger partial charge on any atom is 0.326 e. The fourth-order valence-corrected chi connectivity index (χ4v) is 2.14. The van der Waals surface area contributed by atoms with Crippen LogP contribution < -0.4 is 10.6 Å². The predicted octanol–water partition coefficient (Wildman–Crippen LogP) is 2.40. The number of carboxylic acids is 1. The van der Waals surface area contributed by atoms with E-state index in [4.69, 9.17) is 5.11 Å². The van der Waals surface area contributed by atoms with Crippen LogP contribution in [-0.4, -0.2) is 34.5 Å². The molecule has 0 fully saturated rings. The largest absolute Gasteiger partial charge is 0.480 e. The highest BCUT2D eigenvalue weighted by atomic mass is 16.6. The molecule has 24 heavy (non-hydrogen) atoms. The van der Waals surface area contributed by atoms with Crippen molar-refractivity contribution in [2.24, 2.45) is 5.92 Å². The first-order chi connectivity index (χ1) is 11.3. The Morgan fingerprint density at radius 3 is 2.38 bits per heavy atom. The zero-order valence-corrected chi connectivity index (χ0v) is 13.8. The number of carboxylic acid groups (broad SMARTS) is 1. The van der Waals surface area contributed by atoms with Crippen molar-refractivity contribution in [2.75, 3.05) is 11.9 Å². The van der Waals surface area contributed by atoms with E-state index in [-0.39, 0.29) is 23.9 Å². The van der Waals surface area contributed by atoms with Gasteiger partial charge in [0.05, 0.1) is 4.92 Å². The molecule has 0 bridgehead atoms. The standard InChI is InChI=1S/C16H23N3O5/c1-11(2)10-14(16(21)22)18-15(20)4-3-9-17-12-5-7-13(8-6-12)19(23)24/h5-8,11,14,17H,3-4,9-10H2,1-2H3,(H,18,20)(H,21,22). The normalized spacial score (nSPS) is 11.8. The molecule has 8 heteroatoms. The number of aliphatic carboxylic acids is 1. The average molecular weight is 337 g/mol. The zero-order chi connectivity index (χ0) is 18.1. The van der Waals surface area contributed by atoms with Gasteiger partial charge in [0.2, 0.25) is 5.91 Å². The molecule has 1 atom stereocenters. The van der Waals surface area contributed by atoms with Crippen LogP contribution in [0.15, 0.2) is 24.3 Å². The first kappa shape index (κ1) is 19.4. The van der Waals surface area contributed by atoms with Crippen molar-refractivity contribution in [3.63, 3.8) is 0 Å². The Morgan fingerprint density at radius 2 is 1.88 bits per heavy atom. The summed E-state index contributed by atoms with van der Waals surface area (Å²) in [4.78, 5) is 33.0. The third-order valence-corrected chi connectivity index (χ3v) is 3.33. The third kappa shape index (κ3) is 7.08. The van der Waals surface area contributed by atoms with Gasteiger partial charge in [-0.05, 0) is 30.9 Å². The second-order valence-corrected chi connectivity index (χ2v) is 5.92. The number of anilines is 1. The Labute approximate surface area is 140 Å². The number of nitro groups is 1. The number of carbonyl (C=O) groups is 2. The van der Waals surface area contributed by atoms with E-state index in [1.54, 1.807) is 12.1 Å². The molecule has 132 valence electrons. The Kier molecular flexibility index (Phi) is 7.67. The van der Waals surface area contributed by atoms with E-state index in [2.05, 4.69) is 10.6 Å². The van der Waals surface area contributed by atoms with E-state index in [9.17, 15) is 19.7 Å². The van der Waals surface area contributed by atoms with Crippen LogP contribution in [0.3, 0.4) is 0 Å². The maximum absolute atomic E-state index is 11.8. The first-order valence-corrected chi connectivity index (χ1v) is 7.80. The van der Waals surface area contributed by atoms with Gasteiger partial charge in [0.25, 0.3) is 5.69 Å². The van der Waals surface area contributed by atoms with E-state index >= 15 is 0 Å². The van der Waals surface area contributed by atoms with Crippen molar-refractivity contribution in [1.29, 1.82) is 0 Å². The van der Waals surface area contributed by atoms with E-state index in [0.29, 0.717) is 19.4 Å². The third-order valence-electron chi connectivity index (χ3n) is 3.33. The molecule has 0 aliphatic carbocycles. The summed E-state index contributed by atoms with van der Waals surface area (Å²) in [6.07, 6.45) is 1.13. The van der Waals surface area contributed by atoms with Crippen molar-refractivity contribution in [3.8, 4) is 0 Å². The second kappa shape index (κ2) is 9.49. The molecule has 0 aliphatic heterocycles. The van der Waals surface area contributed by atoms with Gasteiger partial charge in [0.1, 0.15) is 6.04 Å². The lowest BCUT2D eigenvalue weighted by Gasteiger charge is -2.16. The summed E-state index contributed by atoms with van der Waals surface area (Å²) in [6.45, 7) is 4.31. The Hall–Kier alpha value is -2.64. The first-order valence-electron chi connectivity index (χ1n) is 7.80. The van der Waals surface area contributed by atoms with Crippen LogP contribution in [0, 0.1) is 16.0 Å². The van der Waals surface area contributed by atoms with E-state index in [0.717, 1.165) is 5.69 Å². The average Bonchev–Trinajstić information content (AvgIpc) is 2.50. The smallest absolute Gasteiger partial charge is 0.326 e. The lowest BCUT2D eigenvalue weighted by Crippen LogP contribution is -2.41. The van der Waals surface area contributed by atoms with Gasteiger partial charge in [-0.3, -0.25) is 14.9 Å². The molecular formula is C16H23N3O5. The topological polar surface area (TPSA) is 122 Å². The van der Waals surface area contributed by atoms with E-state index < -0.39 is 16.9 Å². The molecule has 1 rings (SSSR count). The number of amides is 1. The van der Waals surface area contributed by atoms with Gasteiger partial charge in [-0.1, -0.05) is 13.8 Å². The van der Waals surface area contributed by atoms with Crippen molar-refractivity contribution >= 4 is 23.3 Å². The van der Waals surface area contributed by atoms with E-state index in [1.165, 1.54) is 12.1 Å². The molecule has 0 spiro atoms. The van der Waals surface area contributed by atoms with Gasteiger partial charge in [-0.25, -0.2) is 4.79 Å². The minimum atomic E-state index is -1.03. The summed E-state index contributed by atoms with van der Waals surface area (Å²) < 4.78 is 0. The molecular weight excluding hydrogens is 314 g/mol. The molecule has 3 N–H and O–H groups in total. The van der Waals surface area contributed by atoms with Crippen LogP contribution in [0.2, 0.25) is 0 Å². The van der Waals surface area contributed by atoms with Gasteiger partial charge >= 0.3 is 5.97 Å². The Balaban J connectivity index is 2.32. The number of hydrogen-bond acceptors (Lipinski definition) is 5. The molecule has 1 unspecified atom stereocenters. The monoisotopic (exact) mass is 337 g/mol. The number of non-ortho nitro benzene ring substituents is 1. The van der Waals surface area contributed by atoms with Crippen molar-refractivity contribution < 1.29 is 19.6 Å². The summed E-state index contributed by atoms with van der Waals surface area (Å²) in [5.74, 6) is -1.15. The Morgan fingerprint density at radius 1 is 1.25 bits per heavy atom. The highest BCUT2D eigenvalue weighted by Crippen LogP contribution is 2.15. The molecule has 0 radical (unpaired) electrons. The number of hydrogen-bond donors (Lipinski definition) is 3. The highest BCUT2D eigenvalue weighted by Gasteiger charge is 2.20. The quantitative estimate of drug-likeness (QED) is 0.342. The molecule has 0 aliphatic rings. The van der Waals surface area contributed by atoms with Crippen LogP contribution in [0.1, 0.15) is 33.1 Å². The van der Waals surface area contributed by atoms with E-state index in [1.807, 2.05) is 13.8 Å². The number of rotatable bonds is 10. The second-order valence-electron chi connectivity index (χ2n) is 5.92. The van der Waals surface area contributed by atoms with Gasteiger partial charge in [0.15, 0.2) is 0 Å². The Bertz CT molecular complexity index is 572. The van der Waals surface area contributed by atoms with Gasteiger partial charge in [0, 0.05) is 30.8 Å². The van der Waals surface area contributed by atoms with Crippen LogP contribution in [0.25, 0.3) is 0 Å². The molecule has 1 aromatic rings. The lowest BCUT2D eigenvalue weighted by atomic mass is 10.0. The van der Waals surface area contributed by atoms with Crippen molar-refractivity contribution in [1.82, 2.24) is 5.32 Å². The van der Waals surface area contributed by atoms with Gasteiger partial charge in [-0.2, -0.15) is 0 Å². The fraction of sp³-hybridized carbons (Fsp3) is 0.500. The predicted molar refractivity (Wildman–Crippen MR) is 89.8 cm³/mol. The van der Waals surface area contributed by atoms with Crippen LogP contribution in [0.4, 0.5) is 11.4 Å². The van der Waals surface area contributed by atoms with Crippen LogP contribution in [-0.2, 0) is 9.59 Å². The summed E-state index contributed by atoms with van der Waals surface area (Å²) in [5.41, 5.74) is 0.744. The molecule has 0 saturated carbocycles. The fourth-order valence-electron chi connectivity index (χ4n) is 2.14. The van der Waals surface area contributed by atoms with Crippen molar-refractivity contribution in [2.45, 2.75) is 39.2 Å². The van der Waals surface area contributed by atoms with Crippen LogP contribution in [0.5, 0.6) is 0 Å². The summed E-state index contributed by atoms with van der Waals surface area (Å²) in [6, 6.07) is 5.14. The minimum Gasteiger partial charge on any atom is -0.480 e. The highest BCUT2D eigenvalue weighted by molar-refractivity contribution is 5.83. The van der Waals surface area contributed by atoms with Gasteiger partial charge in [-0.15, -0.1) is 0 Å². The van der Waals surface area contributed by atoms with Crippen LogP contribution >= 0.6 is 0 Å². The minimum absolute atomic E-state index is 0.0183. The zero-order valence-electron chi connectivity index (χ0n) is 13.8. The summed E-state index contributed by atoms with van der Waals surface area (Å²) >= 11 is 0. The maximum atomic E-state index is 11.8.